The van der Waals surface area contributed by atoms with Gasteiger partial charge in [0.05, 0.1) is 13.2 Å². The fourth-order valence-corrected chi connectivity index (χ4v) is 3.89. The lowest BCUT2D eigenvalue weighted by molar-refractivity contribution is -0.114. The van der Waals surface area contributed by atoms with E-state index < -0.39 is 0 Å². The summed E-state index contributed by atoms with van der Waals surface area (Å²) >= 11 is 0. The molecule has 0 bridgehead atoms. The van der Waals surface area contributed by atoms with Crippen LogP contribution >= 0.6 is 0 Å². The second-order valence-corrected chi connectivity index (χ2v) is 8.89. The highest BCUT2D eigenvalue weighted by Gasteiger charge is 2.21. The van der Waals surface area contributed by atoms with E-state index in [4.69, 9.17) is 4.74 Å². The Morgan fingerprint density at radius 1 is 1.00 bits per heavy atom. The zero-order chi connectivity index (χ0) is 23.5. The van der Waals surface area contributed by atoms with Gasteiger partial charge in [0.25, 0.3) is 5.91 Å². The van der Waals surface area contributed by atoms with Crippen molar-refractivity contribution in [2.45, 2.75) is 52.4 Å². The smallest absolute Gasteiger partial charge is 0.253 e. The monoisotopic (exact) mass is 451 g/mol. The zero-order valence-corrected chi connectivity index (χ0v) is 19.9. The molecule has 2 aromatic rings. The third kappa shape index (κ3) is 8.12. The second-order valence-electron chi connectivity index (χ2n) is 8.89. The standard InChI is InChI=1S/C27H37N3O3/c1-3-4-5-6-18-33-25-9-7-8-24(19-25)29-26(31)20-28-23-12-10-22(11-13-23)27(32)30-16-14-21(2)15-17-30/h7-13,19,21,28H,3-6,14-18,20H2,1-2H3,(H,29,31). The molecule has 1 aliphatic rings. The molecular weight excluding hydrogens is 414 g/mol. The molecule has 2 N–H and O–H groups in total. The predicted octanol–water partition coefficient (Wildman–Crippen LogP) is 5.57. The van der Waals surface area contributed by atoms with Crippen LogP contribution in [0.2, 0.25) is 0 Å². The average Bonchev–Trinajstić information content (AvgIpc) is 2.83. The topological polar surface area (TPSA) is 70.7 Å². The van der Waals surface area contributed by atoms with Gasteiger partial charge in [-0.25, -0.2) is 0 Å². The van der Waals surface area contributed by atoms with Gasteiger partial charge in [-0.15, -0.1) is 0 Å². The fraction of sp³-hybridized carbons (Fsp3) is 0.481. The van der Waals surface area contributed by atoms with Crippen molar-refractivity contribution in [2.75, 3.05) is 36.9 Å². The number of amides is 2. The van der Waals surface area contributed by atoms with Crippen LogP contribution in [0.15, 0.2) is 48.5 Å². The van der Waals surface area contributed by atoms with Crippen LogP contribution in [0.1, 0.15) is 62.7 Å². The Kier molecular flexibility index (Phi) is 9.60. The van der Waals surface area contributed by atoms with Crippen molar-refractivity contribution in [3.63, 3.8) is 0 Å². The number of hydrogen-bond acceptors (Lipinski definition) is 4. The van der Waals surface area contributed by atoms with Crippen LogP contribution in [0.4, 0.5) is 11.4 Å². The normalized spacial score (nSPS) is 14.1. The van der Waals surface area contributed by atoms with Gasteiger partial charge in [0.15, 0.2) is 0 Å². The quantitative estimate of drug-likeness (QED) is 0.438. The maximum atomic E-state index is 12.7. The number of piperidine rings is 1. The van der Waals surface area contributed by atoms with E-state index in [0.717, 1.165) is 43.8 Å². The molecule has 0 radical (unpaired) electrons. The first-order valence-electron chi connectivity index (χ1n) is 12.2. The van der Waals surface area contributed by atoms with Crippen molar-refractivity contribution in [1.29, 1.82) is 0 Å². The molecular formula is C27H37N3O3. The molecule has 1 saturated heterocycles. The van der Waals surface area contributed by atoms with Gasteiger partial charge >= 0.3 is 0 Å². The summed E-state index contributed by atoms with van der Waals surface area (Å²) in [7, 11) is 0. The number of benzene rings is 2. The van der Waals surface area contributed by atoms with Crippen LogP contribution < -0.4 is 15.4 Å². The molecule has 33 heavy (non-hydrogen) atoms. The molecule has 178 valence electrons. The molecule has 6 nitrogen and oxygen atoms in total. The van der Waals surface area contributed by atoms with Crippen LogP contribution in [-0.2, 0) is 4.79 Å². The van der Waals surface area contributed by atoms with Crippen LogP contribution in [0, 0.1) is 5.92 Å². The van der Waals surface area contributed by atoms with E-state index in [1.807, 2.05) is 53.4 Å². The van der Waals surface area contributed by atoms with E-state index in [-0.39, 0.29) is 18.4 Å². The number of anilines is 2. The van der Waals surface area contributed by atoms with Crippen molar-refractivity contribution < 1.29 is 14.3 Å². The van der Waals surface area contributed by atoms with E-state index in [1.165, 1.54) is 19.3 Å². The molecule has 1 heterocycles. The van der Waals surface area contributed by atoms with E-state index in [2.05, 4.69) is 24.5 Å². The van der Waals surface area contributed by atoms with E-state index in [1.54, 1.807) is 0 Å². The SMILES string of the molecule is CCCCCCOc1cccc(NC(=O)CNc2ccc(C(=O)N3CCC(C)CC3)cc2)c1. The second kappa shape index (κ2) is 12.9. The number of hydrogen-bond donors (Lipinski definition) is 2. The molecule has 0 spiro atoms. The average molecular weight is 452 g/mol. The molecule has 0 unspecified atom stereocenters. The number of nitrogens with one attached hydrogen (secondary N) is 2. The maximum Gasteiger partial charge on any atom is 0.253 e. The highest BCUT2D eigenvalue weighted by Crippen LogP contribution is 2.20. The Bertz CT molecular complexity index is 890. The number of carbonyl (C=O) groups is 2. The molecule has 2 amide bonds. The summed E-state index contributed by atoms with van der Waals surface area (Å²) in [6, 6.07) is 14.8. The van der Waals surface area contributed by atoms with E-state index >= 15 is 0 Å². The van der Waals surface area contributed by atoms with E-state index in [9.17, 15) is 9.59 Å². The van der Waals surface area contributed by atoms with Gasteiger partial charge in [0, 0.05) is 36.1 Å². The van der Waals surface area contributed by atoms with Crippen LogP contribution in [-0.4, -0.2) is 43.0 Å². The molecule has 2 aromatic carbocycles. The number of carbonyl (C=O) groups excluding carboxylic acids is 2. The van der Waals surface area contributed by atoms with Crippen LogP contribution in [0.3, 0.4) is 0 Å². The lowest BCUT2D eigenvalue weighted by Crippen LogP contribution is -2.37. The molecule has 0 saturated carbocycles. The van der Waals surface area contributed by atoms with Gasteiger partial charge in [-0.1, -0.05) is 39.2 Å². The minimum absolute atomic E-state index is 0.0821. The summed E-state index contributed by atoms with van der Waals surface area (Å²) in [5, 5.41) is 6.01. The third-order valence-corrected chi connectivity index (χ3v) is 6.04. The Balaban J connectivity index is 1.42. The largest absolute Gasteiger partial charge is 0.494 e. The number of unbranched alkanes of at least 4 members (excludes halogenated alkanes) is 3. The molecule has 0 aliphatic carbocycles. The zero-order valence-electron chi connectivity index (χ0n) is 19.9. The van der Waals surface area contributed by atoms with Crippen molar-refractivity contribution in [3.05, 3.63) is 54.1 Å². The fourth-order valence-electron chi connectivity index (χ4n) is 3.89. The van der Waals surface area contributed by atoms with Gasteiger partial charge in [0.2, 0.25) is 5.91 Å². The lowest BCUT2D eigenvalue weighted by Gasteiger charge is -2.30. The van der Waals surface area contributed by atoms with Crippen molar-refractivity contribution >= 4 is 23.2 Å². The summed E-state index contributed by atoms with van der Waals surface area (Å²) in [5.74, 6) is 1.40. The van der Waals surface area contributed by atoms with Gasteiger partial charge in [-0.3, -0.25) is 9.59 Å². The van der Waals surface area contributed by atoms with Crippen LogP contribution in [0.5, 0.6) is 5.75 Å². The number of likely N-dealkylation sites (tertiary alicyclic amines) is 1. The van der Waals surface area contributed by atoms with Gasteiger partial charge in [-0.2, -0.15) is 0 Å². The number of nitrogens with zero attached hydrogens (tertiary/aromatic N) is 1. The Morgan fingerprint density at radius 2 is 1.76 bits per heavy atom. The summed E-state index contributed by atoms with van der Waals surface area (Å²) in [6.45, 7) is 6.90. The molecule has 3 rings (SSSR count). The third-order valence-electron chi connectivity index (χ3n) is 6.04. The molecule has 0 aromatic heterocycles. The lowest BCUT2D eigenvalue weighted by atomic mass is 9.98. The van der Waals surface area contributed by atoms with Crippen molar-refractivity contribution in [2.24, 2.45) is 5.92 Å². The van der Waals surface area contributed by atoms with Crippen molar-refractivity contribution in [3.8, 4) is 5.75 Å². The van der Waals surface area contributed by atoms with Crippen LogP contribution in [0.25, 0.3) is 0 Å². The number of ether oxygens (including phenoxy) is 1. The molecule has 1 aliphatic heterocycles. The molecule has 0 atom stereocenters. The predicted molar refractivity (Wildman–Crippen MR) is 134 cm³/mol. The maximum absolute atomic E-state index is 12.7. The first kappa shape index (κ1) is 24.6. The minimum atomic E-state index is -0.141. The number of rotatable bonds is 11. The summed E-state index contributed by atoms with van der Waals surface area (Å²) < 4.78 is 5.79. The van der Waals surface area contributed by atoms with E-state index in [0.29, 0.717) is 23.8 Å². The summed E-state index contributed by atoms with van der Waals surface area (Å²) in [4.78, 5) is 26.9. The highest BCUT2D eigenvalue weighted by atomic mass is 16.5. The summed E-state index contributed by atoms with van der Waals surface area (Å²) in [6.07, 6.45) is 6.77. The Labute approximate surface area is 197 Å². The highest BCUT2D eigenvalue weighted by molar-refractivity contribution is 5.95. The van der Waals surface area contributed by atoms with Gasteiger partial charge in [-0.05, 0) is 61.6 Å². The molecule has 1 fully saturated rings. The minimum Gasteiger partial charge on any atom is -0.494 e. The Hall–Kier alpha value is -3.02. The van der Waals surface area contributed by atoms with Gasteiger partial charge in [0.1, 0.15) is 5.75 Å². The van der Waals surface area contributed by atoms with Gasteiger partial charge < -0.3 is 20.3 Å². The Morgan fingerprint density at radius 3 is 2.48 bits per heavy atom. The first-order valence-corrected chi connectivity index (χ1v) is 12.2. The van der Waals surface area contributed by atoms with Crippen molar-refractivity contribution in [1.82, 2.24) is 4.90 Å². The summed E-state index contributed by atoms with van der Waals surface area (Å²) in [5.41, 5.74) is 2.20. The first-order chi connectivity index (χ1) is 16.0. The molecule has 6 heteroatoms.